The SMILES string of the molecule is COc1ccc([C@H](CNC(=S)Nc2ccc(C)c(Cl)c2)[NH+](C)C)cc1. The third-order valence-electron chi connectivity index (χ3n) is 4.11. The monoisotopic (exact) mass is 378 g/mol. The number of methoxy groups -OCH3 is 1. The number of nitrogens with one attached hydrogen (secondary N) is 3. The van der Waals surface area contributed by atoms with Crippen LogP contribution in [-0.2, 0) is 0 Å². The summed E-state index contributed by atoms with van der Waals surface area (Å²) in [5.41, 5.74) is 3.16. The van der Waals surface area contributed by atoms with E-state index in [1.165, 1.54) is 10.5 Å². The first kappa shape index (κ1) is 19.5. The molecule has 0 aromatic heterocycles. The van der Waals surface area contributed by atoms with Crippen LogP contribution in [0.2, 0.25) is 5.02 Å². The molecule has 0 saturated carbocycles. The van der Waals surface area contributed by atoms with E-state index in [9.17, 15) is 0 Å². The predicted octanol–water partition coefficient (Wildman–Crippen LogP) is 2.83. The third-order valence-corrected chi connectivity index (χ3v) is 4.77. The van der Waals surface area contributed by atoms with Gasteiger partial charge >= 0.3 is 0 Å². The molecule has 0 unspecified atom stereocenters. The fourth-order valence-electron chi connectivity index (χ4n) is 2.53. The van der Waals surface area contributed by atoms with Crippen LogP contribution in [0.1, 0.15) is 17.2 Å². The first-order valence-corrected chi connectivity index (χ1v) is 8.94. The van der Waals surface area contributed by atoms with Gasteiger partial charge in [-0.3, -0.25) is 0 Å². The lowest BCUT2D eigenvalue weighted by Crippen LogP contribution is -3.07. The topological polar surface area (TPSA) is 37.7 Å². The zero-order valence-corrected chi connectivity index (χ0v) is 16.6. The van der Waals surface area contributed by atoms with Crippen LogP contribution in [0.5, 0.6) is 5.75 Å². The van der Waals surface area contributed by atoms with E-state index in [1.54, 1.807) is 7.11 Å². The Labute approximate surface area is 160 Å². The fraction of sp³-hybridized carbons (Fsp3) is 0.316. The maximum absolute atomic E-state index is 6.15. The van der Waals surface area contributed by atoms with Crippen LogP contribution in [0.15, 0.2) is 42.5 Å². The summed E-state index contributed by atoms with van der Waals surface area (Å²) >= 11 is 11.6. The quantitative estimate of drug-likeness (QED) is 0.676. The Hall–Kier alpha value is -1.82. The molecule has 0 saturated heterocycles. The molecule has 6 heteroatoms. The van der Waals surface area contributed by atoms with E-state index >= 15 is 0 Å². The smallest absolute Gasteiger partial charge is 0.171 e. The van der Waals surface area contributed by atoms with Crippen LogP contribution in [0.3, 0.4) is 0 Å². The van der Waals surface area contributed by atoms with Crippen LogP contribution in [0.4, 0.5) is 5.69 Å². The molecule has 0 aliphatic rings. The molecule has 134 valence electrons. The highest BCUT2D eigenvalue weighted by Crippen LogP contribution is 2.20. The van der Waals surface area contributed by atoms with Gasteiger partial charge in [-0.15, -0.1) is 0 Å². The Balaban J connectivity index is 1.97. The van der Waals surface area contributed by atoms with Crippen molar-refractivity contribution in [3.8, 4) is 5.75 Å². The Morgan fingerprint density at radius 3 is 2.44 bits per heavy atom. The van der Waals surface area contributed by atoms with Gasteiger partial charge < -0.3 is 20.3 Å². The lowest BCUT2D eigenvalue weighted by atomic mass is 10.1. The lowest BCUT2D eigenvalue weighted by Gasteiger charge is -2.23. The Kier molecular flexibility index (Phi) is 7.05. The number of hydrogen-bond acceptors (Lipinski definition) is 2. The number of hydrogen-bond donors (Lipinski definition) is 3. The van der Waals surface area contributed by atoms with Crippen molar-refractivity contribution in [1.29, 1.82) is 0 Å². The van der Waals surface area contributed by atoms with Gasteiger partial charge in [0.15, 0.2) is 5.11 Å². The summed E-state index contributed by atoms with van der Waals surface area (Å²) in [4.78, 5) is 1.32. The Morgan fingerprint density at radius 1 is 1.20 bits per heavy atom. The minimum Gasteiger partial charge on any atom is -0.497 e. The van der Waals surface area contributed by atoms with E-state index in [2.05, 4.69) is 36.9 Å². The molecule has 0 aliphatic heterocycles. The first-order valence-electron chi connectivity index (χ1n) is 8.15. The molecule has 2 rings (SSSR count). The van der Waals surface area contributed by atoms with E-state index in [-0.39, 0.29) is 6.04 Å². The van der Waals surface area contributed by atoms with Gasteiger partial charge in [0.1, 0.15) is 11.8 Å². The third kappa shape index (κ3) is 5.59. The highest BCUT2D eigenvalue weighted by Gasteiger charge is 2.18. The second-order valence-corrected chi connectivity index (χ2v) is 7.02. The minimum absolute atomic E-state index is 0.271. The average Bonchev–Trinajstić information content (AvgIpc) is 2.58. The zero-order valence-electron chi connectivity index (χ0n) is 15.0. The molecule has 25 heavy (non-hydrogen) atoms. The van der Waals surface area contributed by atoms with Gasteiger partial charge in [0.25, 0.3) is 0 Å². The van der Waals surface area contributed by atoms with Crippen molar-refractivity contribution in [2.75, 3.05) is 33.1 Å². The van der Waals surface area contributed by atoms with Gasteiger partial charge in [0.2, 0.25) is 0 Å². The zero-order chi connectivity index (χ0) is 18.4. The molecule has 3 N–H and O–H groups in total. The second kappa shape index (κ2) is 9.04. The van der Waals surface area contributed by atoms with E-state index in [0.29, 0.717) is 5.11 Å². The van der Waals surface area contributed by atoms with E-state index in [1.807, 2.05) is 37.3 Å². The number of thiocarbonyl (C=S) groups is 1. The molecule has 2 aromatic carbocycles. The van der Waals surface area contributed by atoms with Crippen LogP contribution < -0.4 is 20.3 Å². The number of benzene rings is 2. The number of likely N-dealkylation sites (N-methyl/N-ethyl adjacent to an activating group) is 1. The van der Waals surface area contributed by atoms with Gasteiger partial charge in [-0.1, -0.05) is 17.7 Å². The molecule has 0 aliphatic carbocycles. The van der Waals surface area contributed by atoms with Gasteiger partial charge in [0, 0.05) is 16.3 Å². The number of aryl methyl sites for hydroxylation is 1. The van der Waals surface area contributed by atoms with Crippen molar-refractivity contribution in [1.82, 2.24) is 5.32 Å². The highest BCUT2D eigenvalue weighted by molar-refractivity contribution is 7.80. The molecular formula is C19H25ClN3OS+. The largest absolute Gasteiger partial charge is 0.497 e. The van der Waals surface area contributed by atoms with E-state index < -0.39 is 0 Å². The molecule has 0 bridgehead atoms. The molecule has 4 nitrogen and oxygen atoms in total. The van der Waals surface area contributed by atoms with Gasteiger partial charge in [-0.25, -0.2) is 0 Å². The van der Waals surface area contributed by atoms with Crippen LogP contribution in [0, 0.1) is 6.92 Å². The number of ether oxygens (including phenoxy) is 1. The van der Waals surface area contributed by atoms with Gasteiger partial charge in [-0.05, 0) is 61.1 Å². The summed E-state index contributed by atoms with van der Waals surface area (Å²) in [6.45, 7) is 2.70. The van der Waals surface area contributed by atoms with Crippen LogP contribution >= 0.6 is 23.8 Å². The highest BCUT2D eigenvalue weighted by atomic mass is 35.5. The summed E-state index contributed by atoms with van der Waals surface area (Å²) < 4.78 is 5.23. The number of halogens is 1. The molecule has 2 aromatic rings. The van der Waals surface area contributed by atoms with Crippen molar-refractivity contribution in [3.05, 3.63) is 58.6 Å². The van der Waals surface area contributed by atoms with Crippen molar-refractivity contribution >= 4 is 34.6 Å². The molecular weight excluding hydrogens is 354 g/mol. The number of quaternary nitrogens is 1. The molecule has 0 radical (unpaired) electrons. The van der Waals surface area contributed by atoms with Crippen molar-refractivity contribution in [2.45, 2.75) is 13.0 Å². The maximum Gasteiger partial charge on any atom is 0.171 e. The average molecular weight is 379 g/mol. The summed E-state index contributed by atoms with van der Waals surface area (Å²) in [5.74, 6) is 0.859. The van der Waals surface area contributed by atoms with Gasteiger partial charge in [-0.2, -0.15) is 0 Å². The molecule has 0 amide bonds. The van der Waals surface area contributed by atoms with Crippen LogP contribution in [0.25, 0.3) is 0 Å². The van der Waals surface area contributed by atoms with Crippen LogP contribution in [-0.4, -0.2) is 32.9 Å². The summed E-state index contributed by atoms with van der Waals surface area (Å²) in [5, 5.41) is 7.79. The molecule has 0 heterocycles. The predicted molar refractivity (Wildman–Crippen MR) is 109 cm³/mol. The summed E-state index contributed by atoms with van der Waals surface area (Å²) in [7, 11) is 5.94. The fourth-order valence-corrected chi connectivity index (χ4v) is 2.91. The summed E-state index contributed by atoms with van der Waals surface area (Å²) in [6.07, 6.45) is 0. The number of anilines is 1. The van der Waals surface area contributed by atoms with E-state index in [0.717, 1.165) is 28.6 Å². The van der Waals surface area contributed by atoms with Crippen molar-refractivity contribution < 1.29 is 9.64 Å². The van der Waals surface area contributed by atoms with Gasteiger partial charge in [0.05, 0.1) is 27.7 Å². The first-order chi connectivity index (χ1) is 11.9. The van der Waals surface area contributed by atoms with E-state index in [4.69, 9.17) is 28.6 Å². The Morgan fingerprint density at radius 2 is 1.88 bits per heavy atom. The normalized spacial score (nSPS) is 11.9. The number of rotatable bonds is 6. The maximum atomic E-state index is 6.15. The molecule has 0 fully saturated rings. The minimum atomic E-state index is 0.271. The lowest BCUT2D eigenvalue weighted by molar-refractivity contribution is -0.890. The summed E-state index contributed by atoms with van der Waals surface area (Å²) in [6, 6.07) is 14.2. The van der Waals surface area contributed by atoms with Crippen molar-refractivity contribution in [3.63, 3.8) is 0 Å². The second-order valence-electron chi connectivity index (χ2n) is 6.20. The van der Waals surface area contributed by atoms with Crippen molar-refractivity contribution in [2.24, 2.45) is 0 Å². The molecule has 1 atom stereocenters. The molecule has 0 spiro atoms. The standard InChI is InChI=1S/C19H24ClN3OS/c1-13-5-8-15(11-17(13)20)22-19(25)21-12-18(23(2)3)14-6-9-16(24-4)10-7-14/h5-11,18H,12H2,1-4H3,(H2,21,22,25)/p+1/t18-/m0/s1. The Bertz CT molecular complexity index is 719.